The Morgan fingerprint density at radius 2 is 1.20 bits per heavy atom. The Morgan fingerprint density at radius 3 is 1.20 bits per heavy atom. The van der Waals surface area contributed by atoms with Crippen molar-refractivity contribution in [3.63, 3.8) is 0 Å². The first-order valence-corrected chi connectivity index (χ1v) is 0.707. The van der Waals surface area contributed by atoms with Crippen molar-refractivity contribution in [3.8, 4) is 0 Å². The van der Waals surface area contributed by atoms with Crippen LogP contribution in [0.5, 0.6) is 0 Å². The van der Waals surface area contributed by atoms with Crippen molar-refractivity contribution in [3.05, 3.63) is 18.9 Å². The molecule has 1 nitrogen and oxygen atoms in total. The molecule has 3 N–H and O–H groups in total. The molecule has 0 fully saturated rings. The highest BCUT2D eigenvalue weighted by molar-refractivity contribution is 5.85. The topological polar surface area (TPSA) is 35.0 Å². The molecule has 0 spiro atoms. The zero-order valence-corrected chi connectivity index (χ0v) is 3.85. The molecule has 5 heavy (non-hydrogen) atoms. The van der Waals surface area contributed by atoms with Crippen molar-refractivity contribution in [2.75, 3.05) is 0 Å². The summed E-state index contributed by atoms with van der Waals surface area (Å²) in [5.41, 5.74) is 2.25. The third-order valence-electron chi connectivity index (χ3n) is 0. The van der Waals surface area contributed by atoms with Crippen LogP contribution in [-0.4, -0.2) is 0 Å². The standard InChI is InChI=1S/C3H4.ClH.H3N/c1-3-2;;/h1-2H2;1H;1H3. The minimum absolute atomic E-state index is 0. The van der Waals surface area contributed by atoms with Crippen molar-refractivity contribution < 1.29 is 0 Å². The van der Waals surface area contributed by atoms with E-state index in [0.717, 1.165) is 0 Å². The van der Waals surface area contributed by atoms with Gasteiger partial charge in [0.1, 0.15) is 0 Å². The molecule has 0 aliphatic rings. The second-order valence-corrected chi connectivity index (χ2v) is 0.250. The first-order chi connectivity index (χ1) is 1.41. The van der Waals surface area contributed by atoms with E-state index in [-0.39, 0.29) is 18.6 Å². The second-order valence-electron chi connectivity index (χ2n) is 0.250. The van der Waals surface area contributed by atoms with Crippen LogP contribution >= 0.6 is 12.4 Å². The Balaban J connectivity index is -0.0000000200. The van der Waals surface area contributed by atoms with Gasteiger partial charge in [-0.15, -0.1) is 18.1 Å². The Labute approximate surface area is 38.4 Å². The number of rotatable bonds is 0. The van der Waals surface area contributed by atoms with E-state index < -0.39 is 0 Å². The van der Waals surface area contributed by atoms with Gasteiger partial charge in [-0.05, 0) is 0 Å². The van der Waals surface area contributed by atoms with E-state index in [4.69, 9.17) is 0 Å². The average Bonchev–Trinajstić information content (AvgIpc) is 0.918. The quantitative estimate of drug-likeness (QED) is 0.453. The SMILES string of the molecule is C=C=C.Cl.N. The number of hydrogen-bond acceptors (Lipinski definition) is 1. The monoisotopic (exact) mass is 93.0 g/mol. The van der Waals surface area contributed by atoms with Crippen LogP contribution in [0, 0.1) is 0 Å². The molecule has 0 aromatic heterocycles. The van der Waals surface area contributed by atoms with Gasteiger partial charge in [-0.2, -0.15) is 0 Å². The summed E-state index contributed by atoms with van der Waals surface area (Å²) in [7, 11) is 0. The molecule has 0 aromatic rings. The molecule has 2 heteroatoms. The predicted molar refractivity (Wildman–Crippen MR) is 27.0 cm³/mol. The normalized spacial score (nSPS) is 1.60. The summed E-state index contributed by atoms with van der Waals surface area (Å²) >= 11 is 0. The molecule has 0 unspecified atom stereocenters. The lowest BCUT2D eigenvalue weighted by Gasteiger charge is -1.10. The summed E-state index contributed by atoms with van der Waals surface area (Å²) in [4.78, 5) is 0. The van der Waals surface area contributed by atoms with Crippen molar-refractivity contribution in [1.29, 1.82) is 0 Å². The van der Waals surface area contributed by atoms with E-state index in [2.05, 4.69) is 18.9 Å². The van der Waals surface area contributed by atoms with Gasteiger partial charge in [0, 0.05) is 0 Å². The van der Waals surface area contributed by atoms with Gasteiger partial charge < -0.3 is 6.15 Å². The van der Waals surface area contributed by atoms with Crippen LogP contribution in [0.25, 0.3) is 0 Å². The Kier molecular flexibility index (Phi) is 211. The first kappa shape index (κ1) is 21.6. The molecular formula is C3H8ClN. The summed E-state index contributed by atoms with van der Waals surface area (Å²) in [5.74, 6) is 0. The molecule has 0 heterocycles. The van der Waals surface area contributed by atoms with Crippen molar-refractivity contribution in [1.82, 2.24) is 6.15 Å². The summed E-state index contributed by atoms with van der Waals surface area (Å²) in [5, 5.41) is 0. The third kappa shape index (κ3) is 223. The molecular weight excluding hydrogens is 85.5 g/mol. The fraction of sp³-hybridized carbons (Fsp3) is 0. The van der Waals surface area contributed by atoms with Gasteiger partial charge in [0.15, 0.2) is 0 Å². The van der Waals surface area contributed by atoms with Gasteiger partial charge >= 0.3 is 0 Å². The van der Waals surface area contributed by atoms with Crippen LogP contribution in [0.3, 0.4) is 0 Å². The maximum Gasteiger partial charge on any atom is -0.0572 e. The third-order valence-corrected chi connectivity index (χ3v) is 0. The maximum atomic E-state index is 3.12. The van der Waals surface area contributed by atoms with Crippen LogP contribution in [0.15, 0.2) is 18.9 Å². The molecule has 0 radical (unpaired) electrons. The van der Waals surface area contributed by atoms with E-state index in [0.29, 0.717) is 0 Å². The highest BCUT2D eigenvalue weighted by Gasteiger charge is 0.904. The lowest BCUT2D eigenvalue weighted by molar-refractivity contribution is 2.13. The largest absolute Gasteiger partial charge is 0.344 e. The van der Waals surface area contributed by atoms with Gasteiger partial charge in [-0.25, -0.2) is 0 Å². The average molecular weight is 93.6 g/mol. The van der Waals surface area contributed by atoms with Crippen molar-refractivity contribution in [2.45, 2.75) is 0 Å². The van der Waals surface area contributed by atoms with Gasteiger partial charge in [0.2, 0.25) is 0 Å². The molecule has 0 saturated carbocycles. The smallest absolute Gasteiger partial charge is 0.0572 e. The van der Waals surface area contributed by atoms with Gasteiger partial charge in [0.05, 0.1) is 0 Å². The fourth-order valence-corrected chi connectivity index (χ4v) is 0. The molecule has 0 atom stereocenters. The summed E-state index contributed by atoms with van der Waals surface area (Å²) in [6.07, 6.45) is 0. The lowest BCUT2D eigenvalue weighted by Crippen LogP contribution is -0.844. The Bertz CT molecular complexity index is 27.9. The van der Waals surface area contributed by atoms with Crippen LogP contribution in [0.1, 0.15) is 0 Å². The highest BCUT2D eigenvalue weighted by atomic mass is 35.5. The minimum Gasteiger partial charge on any atom is -0.344 e. The summed E-state index contributed by atoms with van der Waals surface area (Å²) in [6, 6.07) is 0. The molecule has 0 aromatic carbocycles. The maximum absolute atomic E-state index is 3.12. The van der Waals surface area contributed by atoms with Gasteiger partial charge in [-0.3, -0.25) is 0 Å². The van der Waals surface area contributed by atoms with E-state index in [1.54, 1.807) is 0 Å². The Hall–Kier alpha value is -0.230. The molecule has 0 aliphatic heterocycles. The van der Waals surface area contributed by atoms with Crippen LogP contribution in [0.4, 0.5) is 0 Å². The van der Waals surface area contributed by atoms with Gasteiger partial charge in [-0.1, -0.05) is 13.2 Å². The van der Waals surface area contributed by atoms with Crippen molar-refractivity contribution in [2.24, 2.45) is 0 Å². The first-order valence-electron chi connectivity index (χ1n) is 0.707. The molecule has 0 aliphatic carbocycles. The van der Waals surface area contributed by atoms with E-state index in [1.165, 1.54) is 0 Å². The van der Waals surface area contributed by atoms with Crippen LogP contribution in [-0.2, 0) is 0 Å². The zero-order valence-electron chi connectivity index (χ0n) is 3.03. The van der Waals surface area contributed by atoms with Crippen LogP contribution in [0.2, 0.25) is 0 Å². The second kappa shape index (κ2) is 48.8. The minimum atomic E-state index is 0. The van der Waals surface area contributed by atoms with E-state index in [9.17, 15) is 0 Å². The number of halogens is 1. The van der Waals surface area contributed by atoms with E-state index >= 15 is 0 Å². The highest BCUT2D eigenvalue weighted by Crippen LogP contribution is 1.16. The van der Waals surface area contributed by atoms with Crippen molar-refractivity contribution >= 4 is 12.4 Å². The summed E-state index contributed by atoms with van der Waals surface area (Å²) < 4.78 is 0. The zero-order chi connectivity index (χ0) is 2.71. The molecule has 0 bridgehead atoms. The van der Waals surface area contributed by atoms with Crippen LogP contribution < -0.4 is 6.15 Å². The Morgan fingerprint density at radius 1 is 1.20 bits per heavy atom. The predicted octanol–water partition coefficient (Wildman–Crippen LogP) is 1.54. The fourth-order valence-electron chi connectivity index (χ4n) is 0. The molecule has 0 saturated heterocycles. The molecule has 0 rings (SSSR count). The molecule has 32 valence electrons. The van der Waals surface area contributed by atoms with E-state index in [1.807, 2.05) is 0 Å². The lowest BCUT2D eigenvalue weighted by atomic mass is 11.0. The number of hydrogen-bond donors (Lipinski definition) is 1. The summed E-state index contributed by atoms with van der Waals surface area (Å²) in [6.45, 7) is 6.25. The van der Waals surface area contributed by atoms with Gasteiger partial charge in [0.25, 0.3) is 0 Å². The molecule has 0 amide bonds.